The SMILES string of the molecule is Cl.Cl.NC(=O)C1(N2CCCCC2)CCN(C(=O)C2C=CCN2)CC1. The maximum Gasteiger partial charge on any atom is 0.243 e. The number of nitrogens with one attached hydrogen (secondary N) is 1. The van der Waals surface area contributed by atoms with Crippen LogP contribution >= 0.6 is 24.8 Å². The first-order valence-corrected chi connectivity index (χ1v) is 8.37. The summed E-state index contributed by atoms with van der Waals surface area (Å²) in [7, 11) is 0. The molecule has 1 atom stereocenters. The number of hydrogen-bond acceptors (Lipinski definition) is 4. The maximum atomic E-state index is 12.4. The molecule has 3 aliphatic rings. The van der Waals surface area contributed by atoms with Crippen molar-refractivity contribution in [3.63, 3.8) is 0 Å². The summed E-state index contributed by atoms with van der Waals surface area (Å²) < 4.78 is 0. The van der Waals surface area contributed by atoms with Crippen molar-refractivity contribution in [3.05, 3.63) is 12.2 Å². The van der Waals surface area contributed by atoms with E-state index in [1.807, 2.05) is 17.1 Å². The second-order valence-electron chi connectivity index (χ2n) is 6.58. The third-order valence-electron chi connectivity index (χ3n) is 5.37. The molecule has 2 saturated heterocycles. The van der Waals surface area contributed by atoms with E-state index in [9.17, 15) is 9.59 Å². The van der Waals surface area contributed by atoms with Crippen molar-refractivity contribution in [2.45, 2.75) is 43.7 Å². The molecular formula is C16H28Cl2N4O2. The lowest BCUT2D eigenvalue weighted by atomic mass is 9.83. The normalized spacial score (nSPS) is 26.3. The van der Waals surface area contributed by atoms with Gasteiger partial charge in [0.05, 0.1) is 0 Å². The van der Waals surface area contributed by atoms with Crippen LogP contribution < -0.4 is 11.1 Å². The fourth-order valence-electron chi connectivity index (χ4n) is 3.97. The summed E-state index contributed by atoms with van der Waals surface area (Å²) in [5.41, 5.74) is 5.22. The molecule has 3 rings (SSSR count). The van der Waals surface area contributed by atoms with Gasteiger partial charge in [-0.2, -0.15) is 0 Å². The fraction of sp³-hybridized carbons (Fsp3) is 0.750. The molecule has 3 N–H and O–H groups in total. The van der Waals surface area contributed by atoms with E-state index in [0.29, 0.717) is 25.9 Å². The summed E-state index contributed by atoms with van der Waals surface area (Å²) in [6, 6.07) is -0.198. The number of halogens is 2. The Morgan fingerprint density at radius 1 is 1.04 bits per heavy atom. The zero-order valence-electron chi connectivity index (χ0n) is 13.9. The van der Waals surface area contributed by atoms with E-state index in [0.717, 1.165) is 32.5 Å². The second-order valence-corrected chi connectivity index (χ2v) is 6.58. The number of hydrogen-bond donors (Lipinski definition) is 2. The number of amides is 2. The number of piperidine rings is 2. The molecule has 0 radical (unpaired) electrons. The zero-order valence-corrected chi connectivity index (χ0v) is 15.5. The molecule has 0 saturated carbocycles. The van der Waals surface area contributed by atoms with Crippen LogP contribution in [-0.2, 0) is 9.59 Å². The van der Waals surface area contributed by atoms with E-state index in [-0.39, 0.29) is 42.7 Å². The molecule has 0 aromatic rings. The highest BCUT2D eigenvalue weighted by Gasteiger charge is 2.46. The Hall–Kier alpha value is -0.820. The van der Waals surface area contributed by atoms with Gasteiger partial charge >= 0.3 is 0 Å². The summed E-state index contributed by atoms with van der Waals surface area (Å²) in [5, 5.41) is 3.16. The van der Waals surface area contributed by atoms with Gasteiger partial charge in [0.15, 0.2) is 0 Å². The fourth-order valence-corrected chi connectivity index (χ4v) is 3.97. The van der Waals surface area contributed by atoms with Gasteiger partial charge in [-0.15, -0.1) is 24.8 Å². The Morgan fingerprint density at radius 3 is 2.17 bits per heavy atom. The minimum Gasteiger partial charge on any atom is -0.368 e. The van der Waals surface area contributed by atoms with Gasteiger partial charge in [-0.3, -0.25) is 19.8 Å². The van der Waals surface area contributed by atoms with Crippen LogP contribution in [0.3, 0.4) is 0 Å². The van der Waals surface area contributed by atoms with E-state index in [2.05, 4.69) is 10.2 Å². The quantitative estimate of drug-likeness (QED) is 0.708. The minimum absolute atomic E-state index is 0. The number of rotatable bonds is 3. The van der Waals surface area contributed by atoms with Gasteiger partial charge in [0.25, 0.3) is 0 Å². The summed E-state index contributed by atoms with van der Waals surface area (Å²) >= 11 is 0. The van der Waals surface area contributed by atoms with Crippen molar-refractivity contribution in [2.75, 3.05) is 32.7 Å². The van der Waals surface area contributed by atoms with Crippen LogP contribution in [-0.4, -0.2) is 65.9 Å². The minimum atomic E-state index is -0.545. The molecule has 0 aromatic heterocycles. The summed E-state index contributed by atoms with van der Waals surface area (Å²) in [6.45, 7) is 3.88. The van der Waals surface area contributed by atoms with E-state index in [1.54, 1.807) is 0 Å². The number of likely N-dealkylation sites (tertiary alicyclic amines) is 2. The highest BCUT2D eigenvalue weighted by molar-refractivity contribution is 5.87. The number of nitrogens with two attached hydrogens (primary N) is 1. The molecule has 6 nitrogen and oxygen atoms in total. The monoisotopic (exact) mass is 378 g/mol. The average molecular weight is 379 g/mol. The molecule has 3 heterocycles. The van der Waals surface area contributed by atoms with E-state index in [4.69, 9.17) is 5.73 Å². The lowest BCUT2D eigenvalue weighted by Gasteiger charge is -2.48. The van der Waals surface area contributed by atoms with Crippen molar-refractivity contribution >= 4 is 36.6 Å². The van der Waals surface area contributed by atoms with E-state index >= 15 is 0 Å². The Kier molecular flexibility index (Phi) is 7.99. The van der Waals surface area contributed by atoms with Crippen LogP contribution in [0, 0.1) is 0 Å². The summed E-state index contributed by atoms with van der Waals surface area (Å²) in [6.07, 6.45) is 8.71. The molecule has 3 aliphatic heterocycles. The van der Waals surface area contributed by atoms with Gasteiger partial charge in [-0.05, 0) is 38.8 Å². The molecule has 0 spiro atoms. The van der Waals surface area contributed by atoms with Crippen LogP contribution in [0.15, 0.2) is 12.2 Å². The highest BCUT2D eigenvalue weighted by Crippen LogP contribution is 2.31. The summed E-state index contributed by atoms with van der Waals surface area (Å²) in [5.74, 6) is -0.106. The zero-order chi connectivity index (χ0) is 15.6. The van der Waals surface area contributed by atoms with Gasteiger partial charge in [0.2, 0.25) is 11.8 Å². The first-order valence-electron chi connectivity index (χ1n) is 8.37. The topological polar surface area (TPSA) is 78.7 Å². The molecule has 138 valence electrons. The third kappa shape index (κ3) is 4.04. The van der Waals surface area contributed by atoms with Crippen molar-refractivity contribution in [1.29, 1.82) is 0 Å². The molecule has 0 aliphatic carbocycles. The summed E-state index contributed by atoms with van der Waals surface area (Å²) in [4.78, 5) is 28.7. The predicted molar refractivity (Wildman–Crippen MR) is 98.6 cm³/mol. The van der Waals surface area contributed by atoms with Crippen molar-refractivity contribution in [1.82, 2.24) is 15.1 Å². The van der Waals surface area contributed by atoms with Gasteiger partial charge in [-0.1, -0.05) is 18.6 Å². The van der Waals surface area contributed by atoms with Crippen LogP contribution in [0.25, 0.3) is 0 Å². The number of primary amides is 1. The number of carbonyl (C=O) groups excluding carboxylic acids is 2. The van der Waals surface area contributed by atoms with E-state index < -0.39 is 5.54 Å². The lowest BCUT2D eigenvalue weighted by molar-refractivity contribution is -0.142. The lowest BCUT2D eigenvalue weighted by Crippen LogP contribution is -2.64. The molecule has 24 heavy (non-hydrogen) atoms. The van der Waals surface area contributed by atoms with Crippen molar-refractivity contribution in [2.24, 2.45) is 5.73 Å². The first kappa shape index (κ1) is 21.2. The van der Waals surface area contributed by atoms with Crippen LogP contribution in [0.2, 0.25) is 0 Å². The average Bonchev–Trinajstić information content (AvgIpc) is 3.09. The Morgan fingerprint density at radius 2 is 1.67 bits per heavy atom. The maximum absolute atomic E-state index is 12.4. The van der Waals surface area contributed by atoms with Gasteiger partial charge in [0, 0.05) is 19.6 Å². The molecule has 0 bridgehead atoms. The standard InChI is InChI=1S/C16H26N4O2.2ClH/c17-15(22)16(20-9-2-1-3-10-20)6-11-19(12-7-16)14(21)13-5-4-8-18-13;;/h4-5,13,18H,1-3,6-12H2,(H2,17,22);2*1H. The van der Waals surface area contributed by atoms with Crippen LogP contribution in [0.4, 0.5) is 0 Å². The molecule has 2 fully saturated rings. The number of nitrogens with zero attached hydrogens (tertiary/aromatic N) is 2. The highest BCUT2D eigenvalue weighted by atomic mass is 35.5. The smallest absolute Gasteiger partial charge is 0.243 e. The number of carbonyl (C=O) groups is 2. The largest absolute Gasteiger partial charge is 0.368 e. The molecule has 8 heteroatoms. The van der Waals surface area contributed by atoms with Crippen molar-refractivity contribution < 1.29 is 9.59 Å². The Balaban J connectivity index is 0.00000144. The molecule has 0 aromatic carbocycles. The Labute approximate surface area is 156 Å². The third-order valence-corrected chi connectivity index (χ3v) is 5.37. The van der Waals surface area contributed by atoms with Gasteiger partial charge in [0.1, 0.15) is 11.6 Å². The van der Waals surface area contributed by atoms with Crippen LogP contribution in [0.1, 0.15) is 32.1 Å². The van der Waals surface area contributed by atoms with Crippen LogP contribution in [0.5, 0.6) is 0 Å². The van der Waals surface area contributed by atoms with Crippen molar-refractivity contribution in [3.8, 4) is 0 Å². The Bertz CT molecular complexity index is 473. The predicted octanol–water partition coefficient (Wildman–Crippen LogP) is 0.690. The van der Waals surface area contributed by atoms with Gasteiger partial charge in [-0.25, -0.2) is 0 Å². The van der Waals surface area contributed by atoms with Gasteiger partial charge < -0.3 is 10.6 Å². The molecule has 2 amide bonds. The first-order chi connectivity index (χ1) is 10.6. The second kappa shape index (κ2) is 9.04. The van der Waals surface area contributed by atoms with E-state index in [1.165, 1.54) is 6.42 Å². The molecular weight excluding hydrogens is 351 g/mol. The molecule has 1 unspecified atom stereocenters.